The Labute approximate surface area is 191 Å². The summed E-state index contributed by atoms with van der Waals surface area (Å²) in [4.78, 5) is 0. The van der Waals surface area contributed by atoms with Gasteiger partial charge < -0.3 is 24.8 Å². The van der Waals surface area contributed by atoms with Crippen LogP contribution in [0.3, 0.4) is 0 Å². The van der Waals surface area contributed by atoms with Gasteiger partial charge in [0, 0.05) is 6.61 Å². The molecule has 0 amide bonds. The molecule has 0 radical (unpaired) electrons. The Hall–Kier alpha value is -0.460. The topological polar surface area (TPSA) is 79.2 Å². The van der Waals surface area contributed by atoms with E-state index < -0.39 is 31.0 Å². The van der Waals surface area contributed by atoms with Crippen molar-refractivity contribution in [3.63, 3.8) is 0 Å². The molecule has 5 nitrogen and oxygen atoms in total. The average molecular weight is 443 g/mol. The number of rotatable bonds is 21. The molecule has 1 fully saturated rings. The van der Waals surface area contributed by atoms with Crippen molar-refractivity contribution in [2.75, 3.05) is 19.8 Å². The summed E-state index contributed by atoms with van der Waals surface area (Å²) in [6, 6.07) is 0. The molecule has 1 rings (SSSR count). The van der Waals surface area contributed by atoms with Crippen LogP contribution >= 0.6 is 0 Å². The van der Waals surface area contributed by atoms with E-state index in [1.807, 2.05) is 0 Å². The molecule has 0 unspecified atom stereocenters. The Balaban J connectivity index is 1.81. The number of ether oxygens (including phenoxy) is 2. The molecule has 0 saturated carbocycles. The second-order valence-electron chi connectivity index (χ2n) is 9.09. The van der Waals surface area contributed by atoms with E-state index >= 15 is 0 Å². The minimum atomic E-state index is -1.05. The van der Waals surface area contributed by atoms with Gasteiger partial charge in [-0.2, -0.15) is 0 Å². The highest BCUT2D eigenvalue weighted by molar-refractivity contribution is 4.88. The molecular formula is C26H50O5. The monoisotopic (exact) mass is 442 g/mol. The SMILES string of the molecule is CCCCCCCCCCC/C=C/CCCCCCCO[C@@H]1CO[C@@H]([C@@H](O)CO)[C@H]1O. The summed E-state index contributed by atoms with van der Waals surface area (Å²) >= 11 is 0. The first-order valence-electron chi connectivity index (χ1n) is 13.1. The van der Waals surface area contributed by atoms with Gasteiger partial charge in [-0.1, -0.05) is 89.7 Å². The molecular weight excluding hydrogens is 392 g/mol. The van der Waals surface area contributed by atoms with E-state index in [0.717, 1.165) is 12.8 Å². The molecule has 3 N–H and O–H groups in total. The van der Waals surface area contributed by atoms with Crippen molar-refractivity contribution in [1.82, 2.24) is 0 Å². The Bertz CT molecular complexity index is 415. The van der Waals surface area contributed by atoms with Crippen molar-refractivity contribution in [3.05, 3.63) is 12.2 Å². The molecule has 0 aliphatic carbocycles. The van der Waals surface area contributed by atoms with Crippen LogP contribution in [0.4, 0.5) is 0 Å². The van der Waals surface area contributed by atoms with Gasteiger partial charge in [-0.15, -0.1) is 0 Å². The van der Waals surface area contributed by atoms with Gasteiger partial charge in [0.1, 0.15) is 24.4 Å². The lowest BCUT2D eigenvalue weighted by Crippen LogP contribution is -2.41. The minimum Gasteiger partial charge on any atom is -0.394 e. The molecule has 0 aromatic heterocycles. The van der Waals surface area contributed by atoms with Gasteiger partial charge in [0.2, 0.25) is 0 Å². The van der Waals surface area contributed by atoms with Crippen LogP contribution < -0.4 is 0 Å². The first-order chi connectivity index (χ1) is 15.2. The molecule has 0 aromatic rings. The minimum absolute atomic E-state index is 0.272. The second kappa shape index (κ2) is 20.2. The van der Waals surface area contributed by atoms with Crippen LogP contribution in [0.15, 0.2) is 12.2 Å². The van der Waals surface area contributed by atoms with Crippen LogP contribution in [0.5, 0.6) is 0 Å². The van der Waals surface area contributed by atoms with Crippen molar-refractivity contribution < 1.29 is 24.8 Å². The number of allylic oxidation sites excluding steroid dienone is 2. The highest BCUT2D eigenvalue weighted by Crippen LogP contribution is 2.20. The summed E-state index contributed by atoms with van der Waals surface area (Å²) in [5.74, 6) is 0. The van der Waals surface area contributed by atoms with Gasteiger partial charge in [-0.3, -0.25) is 0 Å². The third-order valence-electron chi connectivity index (χ3n) is 6.22. The van der Waals surface area contributed by atoms with E-state index in [0.29, 0.717) is 6.61 Å². The number of hydrogen-bond acceptors (Lipinski definition) is 5. The largest absolute Gasteiger partial charge is 0.394 e. The third kappa shape index (κ3) is 14.3. The van der Waals surface area contributed by atoms with Crippen LogP contribution in [-0.4, -0.2) is 59.6 Å². The zero-order valence-electron chi connectivity index (χ0n) is 20.1. The maximum atomic E-state index is 10.1. The molecule has 0 bridgehead atoms. The summed E-state index contributed by atoms with van der Waals surface area (Å²) in [5, 5.41) is 28.6. The van der Waals surface area contributed by atoms with Crippen LogP contribution in [0.2, 0.25) is 0 Å². The molecule has 0 aromatic carbocycles. The highest BCUT2D eigenvalue weighted by Gasteiger charge is 2.40. The van der Waals surface area contributed by atoms with Crippen LogP contribution in [0, 0.1) is 0 Å². The predicted molar refractivity (Wildman–Crippen MR) is 127 cm³/mol. The molecule has 1 aliphatic rings. The summed E-state index contributed by atoms with van der Waals surface area (Å²) in [7, 11) is 0. The molecule has 31 heavy (non-hydrogen) atoms. The van der Waals surface area contributed by atoms with Gasteiger partial charge in [0.15, 0.2) is 0 Å². The average Bonchev–Trinajstić information content (AvgIpc) is 3.15. The van der Waals surface area contributed by atoms with Crippen LogP contribution in [0.25, 0.3) is 0 Å². The summed E-state index contributed by atoms with van der Waals surface area (Å²) in [5.41, 5.74) is 0. The normalized spacial score (nSPS) is 22.5. The molecule has 1 aliphatic heterocycles. The van der Waals surface area contributed by atoms with E-state index in [9.17, 15) is 10.2 Å². The summed E-state index contributed by atoms with van der Waals surface area (Å²) < 4.78 is 11.0. The first-order valence-corrected chi connectivity index (χ1v) is 13.1. The smallest absolute Gasteiger partial charge is 0.114 e. The lowest BCUT2D eigenvalue weighted by atomic mass is 10.1. The lowest BCUT2D eigenvalue weighted by Gasteiger charge is -2.20. The summed E-state index contributed by atoms with van der Waals surface area (Å²) in [6.45, 7) is 2.73. The zero-order valence-corrected chi connectivity index (χ0v) is 20.1. The van der Waals surface area contributed by atoms with Gasteiger partial charge in [-0.05, 0) is 32.1 Å². The zero-order chi connectivity index (χ0) is 22.6. The van der Waals surface area contributed by atoms with E-state index in [4.69, 9.17) is 14.6 Å². The first kappa shape index (κ1) is 28.6. The second-order valence-corrected chi connectivity index (χ2v) is 9.09. The maximum Gasteiger partial charge on any atom is 0.114 e. The van der Waals surface area contributed by atoms with Crippen molar-refractivity contribution in [2.45, 2.75) is 134 Å². The van der Waals surface area contributed by atoms with Crippen molar-refractivity contribution in [3.8, 4) is 0 Å². The number of aliphatic hydroxyl groups is 3. The molecule has 1 heterocycles. The number of aliphatic hydroxyl groups excluding tert-OH is 3. The standard InChI is InChI=1S/C26H50O5/c1-2-3-4-5-6-7-8-9-10-11-12-13-14-15-16-17-18-19-20-30-24-22-31-26(25(24)29)23(28)21-27/h12-13,23-29H,2-11,14-22H2,1H3/b13-12+/t23-,24+,25-,26-/m0/s1. The molecule has 0 spiro atoms. The fourth-order valence-electron chi connectivity index (χ4n) is 4.14. The molecule has 4 atom stereocenters. The number of hydrogen-bond donors (Lipinski definition) is 3. The predicted octanol–water partition coefficient (Wildman–Crippen LogP) is 5.30. The fraction of sp³-hybridized carbons (Fsp3) is 0.923. The highest BCUT2D eigenvalue weighted by atomic mass is 16.6. The number of unbranched alkanes of at least 4 members (excludes halogenated alkanes) is 14. The molecule has 5 heteroatoms. The van der Waals surface area contributed by atoms with Gasteiger partial charge >= 0.3 is 0 Å². The van der Waals surface area contributed by atoms with Crippen LogP contribution in [-0.2, 0) is 9.47 Å². The third-order valence-corrected chi connectivity index (χ3v) is 6.22. The lowest BCUT2D eigenvalue weighted by molar-refractivity contribution is -0.0730. The van der Waals surface area contributed by atoms with Gasteiger partial charge in [-0.25, -0.2) is 0 Å². The van der Waals surface area contributed by atoms with E-state index in [-0.39, 0.29) is 6.61 Å². The fourth-order valence-corrected chi connectivity index (χ4v) is 4.14. The Kier molecular flexibility index (Phi) is 18.6. The van der Waals surface area contributed by atoms with Crippen molar-refractivity contribution in [2.24, 2.45) is 0 Å². The quantitative estimate of drug-likeness (QED) is 0.166. The molecule has 1 saturated heterocycles. The molecule has 184 valence electrons. The Morgan fingerprint density at radius 3 is 1.90 bits per heavy atom. The van der Waals surface area contributed by atoms with Crippen molar-refractivity contribution >= 4 is 0 Å². The van der Waals surface area contributed by atoms with E-state index in [1.54, 1.807) is 0 Å². The van der Waals surface area contributed by atoms with Crippen molar-refractivity contribution in [1.29, 1.82) is 0 Å². The maximum absolute atomic E-state index is 10.1. The van der Waals surface area contributed by atoms with Crippen LogP contribution in [0.1, 0.15) is 110 Å². The Morgan fingerprint density at radius 1 is 0.839 bits per heavy atom. The van der Waals surface area contributed by atoms with E-state index in [2.05, 4.69) is 19.1 Å². The van der Waals surface area contributed by atoms with E-state index in [1.165, 1.54) is 89.9 Å². The van der Waals surface area contributed by atoms with Gasteiger partial charge in [0.05, 0.1) is 13.2 Å². The summed E-state index contributed by atoms with van der Waals surface area (Å²) in [6.07, 6.45) is 22.5. The van der Waals surface area contributed by atoms with Gasteiger partial charge in [0.25, 0.3) is 0 Å². The Morgan fingerprint density at radius 2 is 1.35 bits per heavy atom.